The van der Waals surface area contributed by atoms with E-state index in [0.717, 1.165) is 11.3 Å². The lowest BCUT2D eigenvalue weighted by Gasteiger charge is -2.24. The Morgan fingerprint density at radius 1 is 1.12 bits per heavy atom. The first-order valence-corrected chi connectivity index (χ1v) is 10.2. The van der Waals surface area contributed by atoms with Gasteiger partial charge in [-0.05, 0) is 43.8 Å². The van der Waals surface area contributed by atoms with Gasteiger partial charge in [-0.3, -0.25) is 15.0 Å². The number of amides is 3. The molecular formula is C22H24N6O4. The van der Waals surface area contributed by atoms with Crippen LogP contribution in [0.3, 0.4) is 0 Å². The summed E-state index contributed by atoms with van der Waals surface area (Å²) in [5.74, 6) is 0.778. The van der Waals surface area contributed by atoms with E-state index in [2.05, 4.69) is 20.7 Å². The molecule has 0 spiro atoms. The fourth-order valence-electron chi connectivity index (χ4n) is 3.31. The first kappa shape index (κ1) is 21.3. The molecule has 0 saturated carbocycles. The van der Waals surface area contributed by atoms with Crippen molar-refractivity contribution in [3.8, 4) is 17.2 Å². The summed E-state index contributed by atoms with van der Waals surface area (Å²) in [6, 6.07) is 12.3. The summed E-state index contributed by atoms with van der Waals surface area (Å²) in [6.45, 7) is 3.00. The second-order valence-corrected chi connectivity index (χ2v) is 7.38. The number of likely N-dealkylation sites (N-methyl/N-ethyl adjacent to an activating group) is 1. The van der Waals surface area contributed by atoms with Crippen LogP contribution in [0.25, 0.3) is 5.69 Å². The van der Waals surface area contributed by atoms with Crippen LogP contribution in [0, 0.1) is 0 Å². The smallest absolute Gasteiger partial charge is 0.325 e. The van der Waals surface area contributed by atoms with Crippen molar-refractivity contribution in [2.75, 3.05) is 32.1 Å². The highest BCUT2D eigenvalue weighted by Crippen LogP contribution is 2.32. The van der Waals surface area contributed by atoms with Gasteiger partial charge in [0.05, 0.1) is 12.2 Å². The molecule has 1 aliphatic rings. The lowest BCUT2D eigenvalue weighted by atomic mass is 10.1. The zero-order chi connectivity index (χ0) is 22.5. The van der Waals surface area contributed by atoms with Crippen LogP contribution in [0.15, 0.2) is 55.1 Å². The number of nitrogens with zero attached hydrogens (tertiary/aromatic N) is 4. The minimum Gasteiger partial charge on any atom is -0.486 e. The molecule has 1 unspecified atom stereocenters. The number of ether oxygens (including phenoxy) is 2. The molecule has 1 aromatic heterocycles. The maximum Gasteiger partial charge on any atom is 0.325 e. The molecule has 10 heteroatoms. The van der Waals surface area contributed by atoms with E-state index in [9.17, 15) is 9.59 Å². The van der Waals surface area contributed by atoms with Crippen molar-refractivity contribution in [2.24, 2.45) is 0 Å². The van der Waals surface area contributed by atoms with Gasteiger partial charge in [-0.25, -0.2) is 14.5 Å². The van der Waals surface area contributed by atoms with Crippen LogP contribution in [0.5, 0.6) is 11.5 Å². The van der Waals surface area contributed by atoms with Crippen molar-refractivity contribution in [2.45, 2.75) is 13.0 Å². The van der Waals surface area contributed by atoms with Gasteiger partial charge in [0, 0.05) is 17.8 Å². The number of anilines is 1. The van der Waals surface area contributed by atoms with Crippen LogP contribution in [-0.4, -0.2) is 58.4 Å². The molecule has 0 radical (unpaired) electrons. The molecule has 2 aromatic carbocycles. The van der Waals surface area contributed by atoms with E-state index in [1.807, 2.05) is 43.1 Å². The number of fused-ring (bicyclic) bond motifs is 1. The van der Waals surface area contributed by atoms with Crippen LogP contribution < -0.4 is 20.1 Å². The molecule has 32 heavy (non-hydrogen) atoms. The van der Waals surface area contributed by atoms with Crippen LogP contribution in [0.2, 0.25) is 0 Å². The number of hydrogen-bond acceptors (Lipinski definition) is 7. The third-order valence-electron chi connectivity index (χ3n) is 5.17. The fourth-order valence-corrected chi connectivity index (χ4v) is 3.31. The minimum absolute atomic E-state index is 0.0357. The molecule has 3 amide bonds. The van der Waals surface area contributed by atoms with Crippen molar-refractivity contribution < 1.29 is 19.1 Å². The van der Waals surface area contributed by atoms with Crippen LogP contribution in [0.1, 0.15) is 18.5 Å². The van der Waals surface area contributed by atoms with Crippen LogP contribution in [-0.2, 0) is 4.79 Å². The Kier molecular flexibility index (Phi) is 6.31. The topological polar surface area (TPSA) is 111 Å². The summed E-state index contributed by atoms with van der Waals surface area (Å²) >= 11 is 0. The van der Waals surface area contributed by atoms with Crippen LogP contribution >= 0.6 is 0 Å². The summed E-state index contributed by atoms with van der Waals surface area (Å²) in [4.78, 5) is 30.4. The second-order valence-electron chi connectivity index (χ2n) is 7.38. The predicted octanol–water partition coefficient (Wildman–Crippen LogP) is 2.38. The van der Waals surface area contributed by atoms with Gasteiger partial charge in [-0.1, -0.05) is 12.1 Å². The van der Waals surface area contributed by atoms with Gasteiger partial charge in [-0.15, -0.1) is 0 Å². The first-order chi connectivity index (χ1) is 15.5. The average Bonchev–Trinajstić information content (AvgIpc) is 3.33. The van der Waals surface area contributed by atoms with Gasteiger partial charge in [0.2, 0.25) is 5.91 Å². The number of rotatable bonds is 6. The van der Waals surface area contributed by atoms with Crippen molar-refractivity contribution in [3.05, 3.63) is 60.7 Å². The Morgan fingerprint density at radius 2 is 1.88 bits per heavy atom. The second kappa shape index (κ2) is 9.48. The number of aromatic nitrogens is 3. The van der Waals surface area contributed by atoms with Gasteiger partial charge >= 0.3 is 6.03 Å². The maximum atomic E-state index is 12.4. The van der Waals surface area contributed by atoms with Crippen molar-refractivity contribution >= 4 is 17.6 Å². The lowest BCUT2D eigenvalue weighted by Crippen LogP contribution is -2.41. The molecule has 10 nitrogen and oxygen atoms in total. The Balaban J connectivity index is 1.28. The quantitative estimate of drug-likeness (QED) is 0.610. The fraction of sp³-hybridized carbons (Fsp3) is 0.273. The molecule has 0 saturated heterocycles. The molecule has 4 rings (SSSR count). The molecule has 166 valence electrons. The molecule has 1 aliphatic heterocycles. The number of urea groups is 1. The summed E-state index contributed by atoms with van der Waals surface area (Å²) in [5, 5.41) is 9.10. The Morgan fingerprint density at radius 3 is 2.59 bits per heavy atom. The summed E-state index contributed by atoms with van der Waals surface area (Å²) in [7, 11) is 1.83. The number of benzene rings is 2. The summed E-state index contributed by atoms with van der Waals surface area (Å²) in [5.41, 5.74) is 2.44. The third kappa shape index (κ3) is 5.03. The highest BCUT2D eigenvalue weighted by atomic mass is 16.6. The van der Waals surface area contributed by atoms with Gasteiger partial charge < -0.3 is 14.8 Å². The molecule has 2 heterocycles. The van der Waals surface area contributed by atoms with E-state index >= 15 is 0 Å². The molecule has 0 fully saturated rings. The largest absolute Gasteiger partial charge is 0.486 e. The minimum atomic E-state index is -0.607. The average molecular weight is 436 g/mol. The van der Waals surface area contributed by atoms with Gasteiger partial charge in [0.15, 0.2) is 11.5 Å². The van der Waals surface area contributed by atoms with Crippen molar-refractivity contribution in [1.82, 2.24) is 25.0 Å². The van der Waals surface area contributed by atoms with E-state index in [-0.39, 0.29) is 12.6 Å². The van der Waals surface area contributed by atoms with Gasteiger partial charge in [0.25, 0.3) is 0 Å². The van der Waals surface area contributed by atoms with E-state index in [1.165, 1.54) is 6.33 Å². The number of carbonyl (C=O) groups excluding carboxylic acids is 2. The molecule has 0 bridgehead atoms. The highest BCUT2D eigenvalue weighted by molar-refractivity contribution is 6.01. The summed E-state index contributed by atoms with van der Waals surface area (Å²) in [6.07, 6.45) is 3.11. The Bertz CT molecular complexity index is 1080. The van der Waals surface area contributed by atoms with Gasteiger partial charge in [0.1, 0.15) is 25.9 Å². The molecule has 1 atom stereocenters. The standard InChI is InChI=1S/C22H24N6O4/c1-15(16-3-6-18(7-4-16)28-14-23-13-24-28)27(2)12-21(29)26-22(30)25-17-5-8-19-20(11-17)32-10-9-31-19/h3-8,11,13-15H,9-10,12H2,1-2H3,(H2,25,26,29,30). The zero-order valence-corrected chi connectivity index (χ0v) is 17.8. The maximum absolute atomic E-state index is 12.4. The SMILES string of the molecule is CC(c1ccc(-n2cncn2)cc1)N(C)CC(=O)NC(=O)Nc1ccc2c(c1)OCCO2. The number of imide groups is 1. The molecular weight excluding hydrogens is 412 g/mol. The monoisotopic (exact) mass is 436 g/mol. The lowest BCUT2D eigenvalue weighted by molar-refractivity contribution is -0.121. The zero-order valence-electron chi connectivity index (χ0n) is 17.8. The van der Waals surface area contributed by atoms with Gasteiger partial charge in [-0.2, -0.15) is 5.10 Å². The van der Waals surface area contributed by atoms with Crippen LogP contribution in [0.4, 0.5) is 10.5 Å². The first-order valence-electron chi connectivity index (χ1n) is 10.2. The normalized spacial score (nSPS) is 13.5. The molecule has 3 aromatic rings. The van der Waals surface area contributed by atoms with E-state index < -0.39 is 11.9 Å². The van der Waals surface area contributed by atoms with E-state index in [4.69, 9.17) is 9.47 Å². The Labute approximate surface area is 185 Å². The number of hydrogen-bond donors (Lipinski definition) is 2. The van der Waals surface area contributed by atoms with Crippen molar-refractivity contribution in [3.63, 3.8) is 0 Å². The summed E-state index contributed by atoms with van der Waals surface area (Å²) < 4.78 is 12.6. The van der Waals surface area contributed by atoms with E-state index in [1.54, 1.807) is 29.2 Å². The Hall–Kier alpha value is -3.92. The number of carbonyl (C=O) groups is 2. The van der Waals surface area contributed by atoms with Crippen molar-refractivity contribution in [1.29, 1.82) is 0 Å². The third-order valence-corrected chi connectivity index (χ3v) is 5.17. The predicted molar refractivity (Wildman–Crippen MR) is 117 cm³/mol. The molecule has 2 N–H and O–H groups in total. The molecule has 0 aliphatic carbocycles. The number of nitrogens with one attached hydrogen (secondary N) is 2. The van der Waals surface area contributed by atoms with E-state index in [0.29, 0.717) is 30.4 Å². The highest BCUT2D eigenvalue weighted by Gasteiger charge is 2.18.